The number of carbonyl (C=O) groups excluding carboxylic acids is 2. The summed E-state index contributed by atoms with van der Waals surface area (Å²) >= 11 is 0. The van der Waals surface area contributed by atoms with E-state index in [1.807, 2.05) is 47.9 Å². The molecule has 2 saturated heterocycles. The predicted molar refractivity (Wildman–Crippen MR) is 103 cm³/mol. The summed E-state index contributed by atoms with van der Waals surface area (Å²) in [6.45, 7) is 7.62. The molecule has 0 radical (unpaired) electrons. The van der Waals surface area contributed by atoms with Gasteiger partial charge in [0.25, 0.3) is 0 Å². The first-order valence-corrected chi connectivity index (χ1v) is 9.78. The summed E-state index contributed by atoms with van der Waals surface area (Å²) in [6.07, 6.45) is 0.522. The van der Waals surface area contributed by atoms with Crippen molar-refractivity contribution in [2.24, 2.45) is 11.8 Å². The lowest BCUT2D eigenvalue weighted by Gasteiger charge is -2.30. The fourth-order valence-corrected chi connectivity index (χ4v) is 3.94. The third kappa shape index (κ3) is 4.61. The first-order valence-electron chi connectivity index (χ1n) is 9.78. The number of hydrogen-bond acceptors (Lipinski definition) is 4. The lowest BCUT2D eigenvalue weighted by Crippen LogP contribution is -2.45. The fourth-order valence-electron chi connectivity index (χ4n) is 3.94. The highest BCUT2D eigenvalue weighted by atomic mass is 16.5. The van der Waals surface area contributed by atoms with Crippen molar-refractivity contribution < 1.29 is 19.1 Å². The van der Waals surface area contributed by atoms with Crippen LogP contribution in [0.15, 0.2) is 24.3 Å². The largest absolute Gasteiger partial charge is 0.497 e. The predicted octanol–water partition coefficient (Wildman–Crippen LogP) is 2.14. The average molecular weight is 374 g/mol. The molecule has 6 nitrogen and oxygen atoms in total. The Morgan fingerprint density at radius 1 is 1.11 bits per heavy atom. The minimum Gasteiger partial charge on any atom is -0.497 e. The van der Waals surface area contributed by atoms with Crippen LogP contribution < -0.4 is 4.74 Å². The zero-order chi connectivity index (χ0) is 19.4. The van der Waals surface area contributed by atoms with Gasteiger partial charge in [-0.15, -0.1) is 0 Å². The summed E-state index contributed by atoms with van der Waals surface area (Å²) in [5.41, 5.74) is 1.09. The zero-order valence-electron chi connectivity index (χ0n) is 16.5. The van der Waals surface area contributed by atoms with E-state index < -0.39 is 0 Å². The van der Waals surface area contributed by atoms with Crippen molar-refractivity contribution in [3.8, 4) is 5.75 Å². The van der Waals surface area contributed by atoms with Gasteiger partial charge in [-0.25, -0.2) is 0 Å². The van der Waals surface area contributed by atoms with Crippen molar-refractivity contribution in [1.82, 2.24) is 9.80 Å². The van der Waals surface area contributed by atoms with Crippen LogP contribution in [-0.2, 0) is 14.3 Å². The van der Waals surface area contributed by atoms with E-state index in [9.17, 15) is 9.59 Å². The van der Waals surface area contributed by atoms with Gasteiger partial charge in [0.1, 0.15) is 5.75 Å². The zero-order valence-corrected chi connectivity index (χ0v) is 16.5. The quantitative estimate of drug-likeness (QED) is 0.792. The monoisotopic (exact) mass is 374 g/mol. The lowest BCUT2D eigenvalue weighted by molar-refractivity contribution is -0.140. The number of benzene rings is 1. The molecule has 6 heteroatoms. The van der Waals surface area contributed by atoms with E-state index in [4.69, 9.17) is 9.47 Å². The van der Waals surface area contributed by atoms with Crippen molar-refractivity contribution in [1.29, 1.82) is 0 Å². The van der Waals surface area contributed by atoms with Crippen LogP contribution in [0.25, 0.3) is 0 Å². The topological polar surface area (TPSA) is 59.1 Å². The van der Waals surface area contributed by atoms with E-state index >= 15 is 0 Å². The summed E-state index contributed by atoms with van der Waals surface area (Å²) in [6, 6.07) is 7.87. The maximum Gasteiger partial charge on any atom is 0.228 e. The number of carbonyl (C=O) groups is 2. The second-order valence-electron chi connectivity index (χ2n) is 7.82. The van der Waals surface area contributed by atoms with Gasteiger partial charge in [-0.2, -0.15) is 0 Å². The molecule has 0 aliphatic carbocycles. The molecule has 0 aromatic heterocycles. The van der Waals surface area contributed by atoms with Crippen molar-refractivity contribution in [3.05, 3.63) is 29.8 Å². The number of morpholine rings is 1. The maximum absolute atomic E-state index is 13.2. The summed E-state index contributed by atoms with van der Waals surface area (Å²) in [5.74, 6) is 1.20. The van der Waals surface area contributed by atoms with Crippen LogP contribution in [0.1, 0.15) is 31.7 Å². The van der Waals surface area contributed by atoms with E-state index in [2.05, 4.69) is 0 Å². The standard InChI is InChI=1S/C21H30N2O4/c1-15(2)12-20(24)23-13-18(16-4-6-17(26-3)7-5-16)19(14-23)21(25)22-8-10-27-11-9-22/h4-7,15,18-19H,8-14H2,1-3H3/t18-,19-/m1/s1. The van der Waals surface area contributed by atoms with Crippen LogP contribution in [0.4, 0.5) is 0 Å². The normalized spacial score (nSPS) is 23.0. The average Bonchev–Trinajstić information content (AvgIpc) is 3.13. The third-order valence-electron chi connectivity index (χ3n) is 5.44. The second-order valence-corrected chi connectivity index (χ2v) is 7.82. The molecule has 0 unspecified atom stereocenters. The molecule has 2 aliphatic rings. The molecule has 1 aromatic carbocycles. The minimum absolute atomic E-state index is 0.0161. The minimum atomic E-state index is -0.201. The van der Waals surface area contributed by atoms with Gasteiger partial charge in [-0.05, 0) is 23.6 Å². The first-order chi connectivity index (χ1) is 13.0. The van der Waals surface area contributed by atoms with Gasteiger partial charge < -0.3 is 19.3 Å². The number of amides is 2. The molecule has 2 atom stereocenters. The molecule has 2 heterocycles. The van der Waals surface area contributed by atoms with Crippen molar-refractivity contribution >= 4 is 11.8 Å². The van der Waals surface area contributed by atoms with Crippen LogP contribution in [0.3, 0.4) is 0 Å². The summed E-state index contributed by atoms with van der Waals surface area (Å²) in [7, 11) is 1.64. The highest BCUT2D eigenvalue weighted by Gasteiger charge is 2.42. The SMILES string of the molecule is COc1ccc([C@H]2CN(C(=O)CC(C)C)C[C@H]2C(=O)N2CCOCC2)cc1. The molecule has 27 heavy (non-hydrogen) atoms. The highest BCUT2D eigenvalue weighted by Crippen LogP contribution is 2.35. The number of hydrogen-bond donors (Lipinski definition) is 0. The van der Waals surface area contributed by atoms with E-state index in [0.29, 0.717) is 51.7 Å². The van der Waals surface area contributed by atoms with Crippen molar-refractivity contribution in [2.75, 3.05) is 46.5 Å². The van der Waals surface area contributed by atoms with E-state index in [0.717, 1.165) is 11.3 Å². The van der Waals surface area contributed by atoms with Gasteiger partial charge in [0.05, 0.1) is 26.2 Å². The molecular weight excluding hydrogens is 344 g/mol. The Kier molecular flexibility index (Phi) is 6.37. The van der Waals surface area contributed by atoms with Gasteiger partial charge in [0, 0.05) is 38.5 Å². The molecule has 3 rings (SSSR count). The number of ether oxygens (including phenoxy) is 2. The molecule has 148 valence electrons. The van der Waals surface area contributed by atoms with Gasteiger partial charge in [-0.3, -0.25) is 9.59 Å². The molecule has 0 saturated carbocycles. The Morgan fingerprint density at radius 2 is 1.78 bits per heavy atom. The van der Waals surface area contributed by atoms with Gasteiger partial charge in [-0.1, -0.05) is 26.0 Å². The van der Waals surface area contributed by atoms with Crippen LogP contribution in [0.5, 0.6) is 5.75 Å². The van der Waals surface area contributed by atoms with Gasteiger partial charge in [0.15, 0.2) is 0 Å². The highest BCUT2D eigenvalue weighted by molar-refractivity contribution is 5.83. The molecule has 0 spiro atoms. The van der Waals surface area contributed by atoms with E-state index in [1.54, 1.807) is 7.11 Å². The molecule has 1 aromatic rings. The van der Waals surface area contributed by atoms with Crippen LogP contribution in [0, 0.1) is 11.8 Å². The van der Waals surface area contributed by atoms with Crippen molar-refractivity contribution in [3.63, 3.8) is 0 Å². The van der Waals surface area contributed by atoms with E-state index in [1.165, 1.54) is 0 Å². The molecule has 2 fully saturated rings. The maximum atomic E-state index is 13.2. The Balaban J connectivity index is 1.81. The number of nitrogens with zero attached hydrogens (tertiary/aromatic N) is 2. The molecule has 0 N–H and O–H groups in total. The molecular formula is C21H30N2O4. The van der Waals surface area contributed by atoms with Gasteiger partial charge in [0.2, 0.25) is 11.8 Å². The number of likely N-dealkylation sites (tertiary alicyclic amines) is 1. The van der Waals surface area contributed by atoms with E-state index in [-0.39, 0.29) is 23.7 Å². The van der Waals surface area contributed by atoms with Crippen LogP contribution in [-0.4, -0.2) is 68.1 Å². The van der Waals surface area contributed by atoms with Crippen molar-refractivity contribution in [2.45, 2.75) is 26.2 Å². The molecule has 2 amide bonds. The number of methoxy groups -OCH3 is 1. The van der Waals surface area contributed by atoms with Crippen LogP contribution in [0.2, 0.25) is 0 Å². The lowest BCUT2D eigenvalue weighted by atomic mass is 9.88. The Hall–Kier alpha value is -2.08. The Bertz CT molecular complexity index is 653. The number of rotatable bonds is 5. The second kappa shape index (κ2) is 8.74. The molecule has 2 aliphatic heterocycles. The Labute approximate surface area is 161 Å². The molecule has 0 bridgehead atoms. The fraction of sp³-hybridized carbons (Fsp3) is 0.619. The smallest absolute Gasteiger partial charge is 0.228 e. The first kappa shape index (κ1) is 19.7. The third-order valence-corrected chi connectivity index (χ3v) is 5.44. The summed E-state index contributed by atoms with van der Waals surface area (Å²) in [4.78, 5) is 29.6. The van der Waals surface area contributed by atoms with Gasteiger partial charge >= 0.3 is 0 Å². The van der Waals surface area contributed by atoms with Crippen LogP contribution >= 0.6 is 0 Å². The summed E-state index contributed by atoms with van der Waals surface area (Å²) < 4.78 is 10.6. The Morgan fingerprint density at radius 3 is 2.37 bits per heavy atom. The summed E-state index contributed by atoms with van der Waals surface area (Å²) in [5, 5.41) is 0.